The summed E-state index contributed by atoms with van der Waals surface area (Å²) in [5.74, 6) is 0. The van der Waals surface area contributed by atoms with Crippen molar-refractivity contribution in [2.24, 2.45) is 0 Å². The third kappa shape index (κ3) is 18.7. The molecule has 0 aliphatic carbocycles. The molecule has 62 valence electrons. The van der Waals surface area contributed by atoms with Gasteiger partial charge in [0.05, 0.1) is 0 Å². The molecule has 6 nitrogen and oxygen atoms in total. The molecular weight excluding hydrogens is 424 g/mol. The average molecular weight is 426 g/mol. The topological polar surface area (TPSA) is 109 Å². The van der Waals surface area contributed by atoms with Crippen molar-refractivity contribution in [2.45, 2.75) is 0 Å². The van der Waals surface area contributed by atoms with Gasteiger partial charge in [0.15, 0.2) is 0 Å². The van der Waals surface area contributed by atoms with Crippen LogP contribution in [0, 0.1) is 0 Å². The van der Waals surface area contributed by atoms with Crippen molar-refractivity contribution in [2.75, 3.05) is 0 Å². The van der Waals surface area contributed by atoms with Crippen LogP contribution in [0.25, 0.3) is 0 Å². The quantitative estimate of drug-likeness (QED) is 0.375. The standard InChI is InChI=1S/Ga.In.H2O6S2Se/c;;1-7(2,3)9-8(4,5)6/h;;(H,1,2,3)(H,4,5,6). The first kappa shape index (κ1) is 18.6. The molecule has 0 heterocycles. The van der Waals surface area contributed by atoms with Crippen LogP contribution in [0.5, 0.6) is 0 Å². The van der Waals surface area contributed by atoms with Crippen molar-refractivity contribution in [1.82, 2.24) is 0 Å². The Morgan fingerprint density at radius 1 is 0.909 bits per heavy atom. The first-order valence-electron chi connectivity index (χ1n) is 1.37. The summed E-state index contributed by atoms with van der Waals surface area (Å²) < 4.78 is 54.4. The summed E-state index contributed by atoms with van der Waals surface area (Å²) in [6.07, 6.45) is 0. The molecule has 11 heavy (non-hydrogen) atoms. The van der Waals surface area contributed by atoms with Gasteiger partial charge >= 0.3 is 55.7 Å². The Kier molecular flexibility index (Phi) is 10.7. The van der Waals surface area contributed by atoms with E-state index in [1.165, 1.54) is 0 Å². The molecule has 0 spiro atoms. The maximum atomic E-state index is 9.69. The van der Waals surface area contributed by atoms with E-state index in [1.807, 2.05) is 0 Å². The molecule has 0 fully saturated rings. The Hall–Kier alpha value is 1.85. The maximum Gasteiger partial charge on any atom is 0 e. The molecule has 0 atom stereocenters. The molecule has 0 saturated carbocycles. The van der Waals surface area contributed by atoms with E-state index in [2.05, 4.69) is 0 Å². The SMILES string of the molecule is O=S(=O)(O)[Se]S(=O)(=O)O.[Ga].[In]. The van der Waals surface area contributed by atoms with Gasteiger partial charge in [-0.25, -0.2) is 0 Å². The van der Waals surface area contributed by atoms with E-state index in [4.69, 9.17) is 9.11 Å². The smallest absolute Gasteiger partial charge is 0 e. The summed E-state index contributed by atoms with van der Waals surface area (Å²) in [4.78, 5) is 0. The van der Waals surface area contributed by atoms with Gasteiger partial charge in [-0.1, -0.05) is 0 Å². The van der Waals surface area contributed by atoms with E-state index < -0.39 is 29.8 Å². The summed E-state index contributed by atoms with van der Waals surface area (Å²) >= 11 is -2.19. The molecule has 0 amide bonds. The number of hydrogen-bond donors (Lipinski definition) is 2. The van der Waals surface area contributed by atoms with E-state index in [-0.39, 0.29) is 45.6 Å². The average Bonchev–Trinajstić information content (AvgIpc) is 1.14. The fourth-order valence-corrected chi connectivity index (χ4v) is 5.08. The number of rotatable bonds is 2. The molecule has 0 bridgehead atoms. The van der Waals surface area contributed by atoms with Gasteiger partial charge in [-0.3, -0.25) is 0 Å². The van der Waals surface area contributed by atoms with Gasteiger partial charge in [-0.15, -0.1) is 0 Å². The summed E-state index contributed by atoms with van der Waals surface area (Å²) in [5, 5.41) is 0. The van der Waals surface area contributed by atoms with Crippen LogP contribution in [0.1, 0.15) is 0 Å². The van der Waals surface area contributed by atoms with Crippen molar-refractivity contribution >= 4 is 75.4 Å². The third-order valence-corrected chi connectivity index (χ3v) is 8.04. The fraction of sp³-hybridized carbons (Fsp3) is 0. The predicted octanol–water partition coefficient (Wildman–Crippen LogP) is -2.47. The van der Waals surface area contributed by atoms with Crippen LogP contribution >= 0.6 is 0 Å². The van der Waals surface area contributed by atoms with E-state index >= 15 is 0 Å². The van der Waals surface area contributed by atoms with Crippen LogP contribution in [-0.4, -0.2) is 84.3 Å². The van der Waals surface area contributed by atoms with Crippen molar-refractivity contribution < 1.29 is 25.9 Å². The molecule has 0 unspecified atom stereocenters. The second kappa shape index (κ2) is 6.32. The Balaban J connectivity index is -0.000000320. The van der Waals surface area contributed by atoms with Gasteiger partial charge in [0.1, 0.15) is 0 Å². The van der Waals surface area contributed by atoms with Gasteiger partial charge in [0.25, 0.3) is 0 Å². The van der Waals surface area contributed by atoms with Crippen LogP contribution in [0.2, 0.25) is 0 Å². The van der Waals surface area contributed by atoms with Gasteiger partial charge in [-0.2, -0.15) is 0 Å². The minimum atomic E-state index is -4.56. The van der Waals surface area contributed by atoms with E-state index in [0.29, 0.717) is 0 Å². The molecule has 6 radical (unpaired) electrons. The Labute approximate surface area is 100 Å². The molecule has 0 rings (SSSR count). The zero-order chi connectivity index (χ0) is 7.71. The van der Waals surface area contributed by atoms with Gasteiger partial charge in [0.2, 0.25) is 0 Å². The van der Waals surface area contributed by atoms with Gasteiger partial charge < -0.3 is 0 Å². The molecule has 0 saturated heterocycles. The van der Waals surface area contributed by atoms with E-state index in [9.17, 15) is 16.8 Å². The Morgan fingerprint density at radius 3 is 1.09 bits per heavy atom. The molecular formula is H2GaInO6S2Se. The minimum Gasteiger partial charge on any atom is 0 e. The monoisotopic (exact) mass is 426 g/mol. The molecule has 0 aromatic heterocycles. The molecule has 2 N–H and O–H groups in total. The summed E-state index contributed by atoms with van der Waals surface area (Å²) in [6, 6.07) is 0. The first-order chi connectivity index (χ1) is 3.71. The summed E-state index contributed by atoms with van der Waals surface area (Å²) in [5.41, 5.74) is 0. The maximum absolute atomic E-state index is 9.69. The van der Waals surface area contributed by atoms with Gasteiger partial charge in [0, 0.05) is 45.6 Å². The summed E-state index contributed by atoms with van der Waals surface area (Å²) in [6.45, 7) is 0. The second-order valence-electron chi connectivity index (χ2n) is 0.924. The van der Waals surface area contributed by atoms with Crippen LogP contribution in [0.15, 0.2) is 0 Å². The third-order valence-electron chi connectivity index (χ3n) is 0.172. The largest absolute Gasteiger partial charge is 0 e. The van der Waals surface area contributed by atoms with Crippen LogP contribution < -0.4 is 0 Å². The Morgan fingerprint density at radius 2 is 1.09 bits per heavy atom. The predicted molar refractivity (Wildman–Crippen MR) is 40.4 cm³/mol. The van der Waals surface area contributed by atoms with E-state index in [0.717, 1.165) is 0 Å². The fourth-order valence-electron chi connectivity index (χ4n) is 0.109. The molecule has 0 aromatic rings. The van der Waals surface area contributed by atoms with Crippen molar-refractivity contribution in [3.8, 4) is 0 Å². The normalized spacial score (nSPS) is 11.1. The van der Waals surface area contributed by atoms with Crippen LogP contribution in [0.4, 0.5) is 0 Å². The van der Waals surface area contributed by atoms with Crippen molar-refractivity contribution in [3.05, 3.63) is 0 Å². The zero-order valence-corrected chi connectivity index (χ0v) is 14.0. The van der Waals surface area contributed by atoms with Crippen LogP contribution in [0.3, 0.4) is 0 Å². The first-order valence-corrected chi connectivity index (χ1v) is 8.29. The number of hydrogen-bond acceptors (Lipinski definition) is 4. The molecule has 11 heteroatoms. The molecule has 0 aliphatic heterocycles. The Bertz CT molecular complexity index is 246. The molecule has 0 aromatic carbocycles. The minimum absolute atomic E-state index is 0. The summed E-state index contributed by atoms with van der Waals surface area (Å²) in [7, 11) is -9.11. The van der Waals surface area contributed by atoms with Crippen molar-refractivity contribution in [3.63, 3.8) is 0 Å². The van der Waals surface area contributed by atoms with Gasteiger partial charge in [-0.05, 0) is 0 Å². The molecule has 0 aliphatic rings. The van der Waals surface area contributed by atoms with Crippen LogP contribution in [-0.2, 0) is 17.1 Å². The zero-order valence-electron chi connectivity index (χ0n) is 4.91. The van der Waals surface area contributed by atoms with Crippen molar-refractivity contribution in [1.29, 1.82) is 0 Å². The second-order valence-corrected chi connectivity index (χ2v) is 11.1. The van der Waals surface area contributed by atoms with E-state index in [1.54, 1.807) is 0 Å².